The number of nitrogens with one attached hydrogen (secondary N) is 1. The van der Waals surface area contributed by atoms with Crippen LogP contribution in [0.2, 0.25) is 0 Å². The third-order valence-electron chi connectivity index (χ3n) is 4.35. The first-order valence-corrected chi connectivity index (χ1v) is 7.68. The SMILES string of the molecule is CCC1=C(F)CNC=C1c1nc2ccc(F)cn2c1C1CC1. The fourth-order valence-electron chi connectivity index (χ4n) is 3.16. The number of hydrogen-bond donors (Lipinski definition) is 1. The maximum absolute atomic E-state index is 14.1. The Balaban J connectivity index is 1.95. The summed E-state index contributed by atoms with van der Waals surface area (Å²) in [6, 6.07) is 3.08. The molecule has 0 atom stereocenters. The molecule has 1 fully saturated rings. The zero-order valence-electron chi connectivity index (χ0n) is 12.4. The number of aromatic nitrogens is 2. The fourth-order valence-corrected chi connectivity index (χ4v) is 3.16. The lowest BCUT2D eigenvalue weighted by Crippen LogP contribution is -2.16. The van der Waals surface area contributed by atoms with Gasteiger partial charge in [-0.15, -0.1) is 0 Å². The summed E-state index contributed by atoms with van der Waals surface area (Å²) in [4.78, 5) is 4.66. The van der Waals surface area contributed by atoms with E-state index in [4.69, 9.17) is 0 Å². The third kappa shape index (κ3) is 2.03. The van der Waals surface area contributed by atoms with E-state index in [0.717, 1.165) is 29.8 Å². The average Bonchev–Trinajstić information content (AvgIpc) is 3.27. The molecule has 22 heavy (non-hydrogen) atoms. The molecule has 0 bridgehead atoms. The number of pyridine rings is 1. The maximum atomic E-state index is 14.1. The molecule has 0 saturated heterocycles. The molecule has 0 spiro atoms. The zero-order valence-corrected chi connectivity index (χ0v) is 12.4. The molecule has 0 amide bonds. The summed E-state index contributed by atoms with van der Waals surface area (Å²) in [5, 5.41) is 2.97. The first-order chi connectivity index (χ1) is 10.7. The lowest BCUT2D eigenvalue weighted by Gasteiger charge is -2.17. The van der Waals surface area contributed by atoms with Crippen molar-refractivity contribution in [3.63, 3.8) is 0 Å². The molecule has 0 aromatic carbocycles. The van der Waals surface area contributed by atoms with Gasteiger partial charge in [0.1, 0.15) is 17.3 Å². The molecule has 1 aliphatic heterocycles. The minimum atomic E-state index is -0.286. The Morgan fingerprint density at radius 3 is 2.86 bits per heavy atom. The largest absolute Gasteiger partial charge is 0.384 e. The van der Waals surface area contributed by atoms with Crippen LogP contribution in [0.4, 0.5) is 8.78 Å². The van der Waals surface area contributed by atoms with E-state index >= 15 is 0 Å². The van der Waals surface area contributed by atoms with E-state index in [-0.39, 0.29) is 18.2 Å². The number of imidazole rings is 1. The van der Waals surface area contributed by atoms with Crippen LogP contribution in [0.15, 0.2) is 35.9 Å². The van der Waals surface area contributed by atoms with Gasteiger partial charge in [0.2, 0.25) is 0 Å². The van der Waals surface area contributed by atoms with E-state index in [1.54, 1.807) is 6.07 Å². The zero-order chi connectivity index (χ0) is 15.3. The van der Waals surface area contributed by atoms with E-state index in [9.17, 15) is 8.78 Å². The Hall–Kier alpha value is -2.17. The summed E-state index contributed by atoms with van der Waals surface area (Å²) in [5.74, 6) is -0.0349. The van der Waals surface area contributed by atoms with Crippen molar-refractivity contribution in [3.8, 4) is 0 Å². The van der Waals surface area contributed by atoms with Gasteiger partial charge in [-0.25, -0.2) is 13.8 Å². The monoisotopic (exact) mass is 301 g/mol. The van der Waals surface area contributed by atoms with Crippen LogP contribution in [-0.4, -0.2) is 15.9 Å². The predicted octanol–water partition coefficient (Wildman–Crippen LogP) is 3.93. The molecule has 2 aromatic heterocycles. The van der Waals surface area contributed by atoms with Crippen LogP contribution in [0.1, 0.15) is 43.5 Å². The molecule has 3 nitrogen and oxygen atoms in total. The normalized spacial score (nSPS) is 18.6. The molecular weight excluding hydrogens is 284 g/mol. The second-order valence-corrected chi connectivity index (χ2v) is 5.87. The first kappa shape index (κ1) is 13.5. The summed E-state index contributed by atoms with van der Waals surface area (Å²) < 4.78 is 29.6. The lowest BCUT2D eigenvalue weighted by molar-refractivity contribution is 0.581. The van der Waals surface area contributed by atoms with Crippen molar-refractivity contribution < 1.29 is 8.78 Å². The maximum Gasteiger partial charge on any atom is 0.139 e. The van der Waals surface area contributed by atoms with Crippen molar-refractivity contribution in [2.24, 2.45) is 0 Å². The highest BCUT2D eigenvalue weighted by molar-refractivity contribution is 5.81. The highest BCUT2D eigenvalue weighted by atomic mass is 19.1. The van der Waals surface area contributed by atoms with Crippen LogP contribution >= 0.6 is 0 Å². The van der Waals surface area contributed by atoms with Gasteiger partial charge in [-0.2, -0.15) is 0 Å². The average molecular weight is 301 g/mol. The van der Waals surface area contributed by atoms with Gasteiger partial charge in [0.15, 0.2) is 0 Å². The Morgan fingerprint density at radius 2 is 2.14 bits per heavy atom. The molecule has 1 saturated carbocycles. The summed E-state index contributed by atoms with van der Waals surface area (Å²) in [7, 11) is 0. The van der Waals surface area contributed by atoms with Crippen LogP contribution in [-0.2, 0) is 0 Å². The smallest absolute Gasteiger partial charge is 0.139 e. The van der Waals surface area contributed by atoms with Gasteiger partial charge in [-0.1, -0.05) is 6.92 Å². The van der Waals surface area contributed by atoms with Crippen molar-refractivity contribution >= 4 is 11.2 Å². The topological polar surface area (TPSA) is 29.3 Å². The Kier molecular flexibility index (Phi) is 3.03. The second kappa shape index (κ2) is 4.93. The van der Waals surface area contributed by atoms with Gasteiger partial charge in [-0.05, 0) is 37.0 Å². The van der Waals surface area contributed by atoms with Gasteiger partial charge in [-0.3, -0.25) is 0 Å². The molecule has 2 aromatic rings. The highest BCUT2D eigenvalue weighted by Crippen LogP contribution is 2.45. The minimum Gasteiger partial charge on any atom is -0.384 e. The molecule has 1 aliphatic carbocycles. The lowest BCUT2D eigenvalue weighted by atomic mass is 9.96. The molecule has 0 unspecified atom stereocenters. The molecule has 1 N–H and O–H groups in total. The predicted molar refractivity (Wildman–Crippen MR) is 81.5 cm³/mol. The Labute approximate surface area is 127 Å². The molecular formula is C17H17F2N3. The van der Waals surface area contributed by atoms with E-state index in [0.29, 0.717) is 23.6 Å². The van der Waals surface area contributed by atoms with Crippen molar-refractivity contribution in [2.75, 3.05) is 6.54 Å². The number of rotatable bonds is 3. The van der Waals surface area contributed by atoms with Crippen molar-refractivity contribution in [1.82, 2.24) is 14.7 Å². The molecule has 4 rings (SSSR count). The van der Waals surface area contributed by atoms with Crippen molar-refractivity contribution in [3.05, 3.63) is 53.1 Å². The highest BCUT2D eigenvalue weighted by Gasteiger charge is 2.33. The standard InChI is InChI=1S/C17H17F2N3/c1-2-12-13(7-20-8-14(12)19)16-17(10-3-4-10)22-9-11(18)5-6-15(22)21-16/h5-7,9-10,20H,2-4,8H2,1H3. The number of fused-ring (bicyclic) bond motifs is 1. The van der Waals surface area contributed by atoms with Crippen LogP contribution in [0, 0.1) is 5.82 Å². The van der Waals surface area contributed by atoms with Crippen molar-refractivity contribution in [2.45, 2.75) is 32.1 Å². The van der Waals surface area contributed by atoms with E-state index < -0.39 is 0 Å². The first-order valence-electron chi connectivity index (χ1n) is 7.68. The van der Waals surface area contributed by atoms with Gasteiger partial charge in [0.05, 0.1) is 17.9 Å². The van der Waals surface area contributed by atoms with Gasteiger partial charge in [0, 0.05) is 23.9 Å². The summed E-state index contributed by atoms with van der Waals surface area (Å²) in [6.07, 6.45) is 6.08. The van der Waals surface area contributed by atoms with Crippen LogP contribution in [0.5, 0.6) is 0 Å². The summed E-state index contributed by atoms with van der Waals surface area (Å²) in [6.45, 7) is 2.17. The molecule has 0 radical (unpaired) electrons. The van der Waals surface area contributed by atoms with Crippen LogP contribution in [0.25, 0.3) is 11.2 Å². The molecule has 114 valence electrons. The van der Waals surface area contributed by atoms with Crippen molar-refractivity contribution in [1.29, 1.82) is 0 Å². The summed E-state index contributed by atoms with van der Waals surface area (Å²) in [5.41, 5.74) is 4.00. The second-order valence-electron chi connectivity index (χ2n) is 5.87. The molecule has 3 heterocycles. The van der Waals surface area contributed by atoms with Gasteiger partial charge < -0.3 is 9.72 Å². The summed E-state index contributed by atoms with van der Waals surface area (Å²) >= 11 is 0. The Bertz CT molecular complexity index is 813. The molecule has 2 aliphatic rings. The number of hydrogen-bond acceptors (Lipinski definition) is 2. The fraction of sp³-hybridized carbons (Fsp3) is 0.353. The minimum absolute atomic E-state index is 0.134. The van der Waals surface area contributed by atoms with Crippen LogP contribution < -0.4 is 5.32 Å². The number of allylic oxidation sites excluding steroid dienone is 2. The van der Waals surface area contributed by atoms with Crippen LogP contribution in [0.3, 0.4) is 0 Å². The van der Waals surface area contributed by atoms with Gasteiger partial charge >= 0.3 is 0 Å². The third-order valence-corrected chi connectivity index (χ3v) is 4.35. The van der Waals surface area contributed by atoms with Gasteiger partial charge in [0.25, 0.3) is 0 Å². The van der Waals surface area contributed by atoms with E-state index in [2.05, 4.69) is 10.3 Å². The Morgan fingerprint density at radius 1 is 1.32 bits per heavy atom. The van der Waals surface area contributed by atoms with E-state index in [1.807, 2.05) is 17.5 Å². The number of dihydropyridines is 1. The van der Waals surface area contributed by atoms with E-state index in [1.165, 1.54) is 12.3 Å². The molecule has 5 heteroatoms. The quantitative estimate of drug-likeness (QED) is 0.931. The number of nitrogens with zero attached hydrogens (tertiary/aromatic N) is 2. The number of halogens is 2.